The zero-order chi connectivity index (χ0) is 22.0. The third kappa shape index (κ3) is 4.17. The van der Waals surface area contributed by atoms with Gasteiger partial charge in [0.25, 0.3) is 23.0 Å². The number of methoxy groups -OCH3 is 1. The quantitative estimate of drug-likeness (QED) is 0.403. The Kier molecular flexibility index (Phi) is 5.77. The van der Waals surface area contributed by atoms with Gasteiger partial charge < -0.3 is 9.47 Å². The van der Waals surface area contributed by atoms with Crippen LogP contribution >= 0.6 is 11.8 Å². The molecule has 2 aliphatic heterocycles. The second kappa shape index (κ2) is 8.65. The molecule has 158 valence electrons. The van der Waals surface area contributed by atoms with Crippen LogP contribution in [0.3, 0.4) is 0 Å². The van der Waals surface area contributed by atoms with Crippen LogP contribution in [0.1, 0.15) is 32.7 Å². The van der Waals surface area contributed by atoms with E-state index in [0.29, 0.717) is 34.6 Å². The SMILES string of the molecule is COc1ccc(OCCCN2C(=O)c3ccccc3C2=O)c(/C=C2\SC(=O)NC2=O)c1. The van der Waals surface area contributed by atoms with Crippen molar-refractivity contribution in [3.63, 3.8) is 0 Å². The minimum Gasteiger partial charge on any atom is -0.497 e. The molecule has 9 heteroatoms. The maximum absolute atomic E-state index is 12.4. The van der Waals surface area contributed by atoms with Crippen molar-refractivity contribution in [2.75, 3.05) is 20.3 Å². The third-order valence-corrected chi connectivity index (χ3v) is 5.62. The minimum absolute atomic E-state index is 0.228. The first kappa shape index (κ1) is 20.7. The number of nitrogens with zero attached hydrogens (tertiary/aromatic N) is 1. The number of carbonyl (C=O) groups is 4. The van der Waals surface area contributed by atoms with Crippen LogP contribution in [0, 0.1) is 0 Å². The Hall–Kier alpha value is -3.59. The first-order valence-corrected chi connectivity index (χ1v) is 10.3. The first-order valence-electron chi connectivity index (χ1n) is 9.49. The number of thioether (sulfide) groups is 1. The molecule has 2 aromatic carbocycles. The highest BCUT2D eigenvalue weighted by molar-refractivity contribution is 8.18. The number of hydrogen-bond donors (Lipinski definition) is 1. The molecule has 4 rings (SSSR count). The Morgan fingerprint density at radius 2 is 1.74 bits per heavy atom. The van der Waals surface area contributed by atoms with Crippen LogP contribution in [0.25, 0.3) is 6.08 Å². The van der Waals surface area contributed by atoms with E-state index in [-0.39, 0.29) is 29.9 Å². The Labute approximate surface area is 182 Å². The number of imide groups is 2. The molecule has 31 heavy (non-hydrogen) atoms. The molecule has 0 saturated carbocycles. The van der Waals surface area contributed by atoms with Crippen molar-refractivity contribution in [2.45, 2.75) is 6.42 Å². The molecule has 0 spiro atoms. The highest BCUT2D eigenvalue weighted by Crippen LogP contribution is 2.31. The molecule has 2 aromatic rings. The lowest BCUT2D eigenvalue weighted by Crippen LogP contribution is -2.31. The summed E-state index contributed by atoms with van der Waals surface area (Å²) in [4.78, 5) is 49.6. The second-order valence-electron chi connectivity index (χ2n) is 6.77. The van der Waals surface area contributed by atoms with Gasteiger partial charge in [-0.15, -0.1) is 0 Å². The first-order chi connectivity index (χ1) is 15.0. The van der Waals surface area contributed by atoms with Gasteiger partial charge in [-0.25, -0.2) is 0 Å². The maximum atomic E-state index is 12.4. The lowest BCUT2D eigenvalue weighted by atomic mass is 10.1. The van der Waals surface area contributed by atoms with Crippen LogP contribution < -0.4 is 14.8 Å². The zero-order valence-electron chi connectivity index (χ0n) is 16.5. The number of rotatable bonds is 7. The van der Waals surface area contributed by atoms with E-state index in [1.54, 1.807) is 48.5 Å². The van der Waals surface area contributed by atoms with Crippen molar-refractivity contribution in [2.24, 2.45) is 0 Å². The molecule has 0 unspecified atom stereocenters. The van der Waals surface area contributed by atoms with E-state index >= 15 is 0 Å². The fraction of sp³-hybridized carbons (Fsp3) is 0.182. The van der Waals surface area contributed by atoms with E-state index in [2.05, 4.69) is 5.32 Å². The Bertz CT molecular complexity index is 1090. The molecule has 2 aliphatic rings. The van der Waals surface area contributed by atoms with Crippen molar-refractivity contribution >= 4 is 40.8 Å². The molecule has 0 radical (unpaired) electrons. The summed E-state index contributed by atoms with van der Waals surface area (Å²) in [5.41, 5.74) is 1.41. The van der Waals surface area contributed by atoms with Gasteiger partial charge in [0.1, 0.15) is 11.5 Å². The number of hydrogen-bond acceptors (Lipinski definition) is 7. The number of nitrogens with one attached hydrogen (secondary N) is 1. The van der Waals surface area contributed by atoms with Crippen molar-refractivity contribution in [3.8, 4) is 11.5 Å². The molecule has 4 amide bonds. The monoisotopic (exact) mass is 438 g/mol. The predicted octanol–water partition coefficient (Wildman–Crippen LogP) is 3.08. The number of amides is 4. The molecule has 2 heterocycles. The van der Waals surface area contributed by atoms with Gasteiger partial charge in [0.15, 0.2) is 0 Å². The fourth-order valence-corrected chi connectivity index (χ4v) is 3.98. The van der Waals surface area contributed by atoms with E-state index in [0.717, 1.165) is 11.8 Å². The molecule has 0 atom stereocenters. The van der Waals surface area contributed by atoms with Crippen molar-refractivity contribution in [1.82, 2.24) is 10.2 Å². The smallest absolute Gasteiger partial charge is 0.290 e. The van der Waals surface area contributed by atoms with E-state index < -0.39 is 11.1 Å². The summed E-state index contributed by atoms with van der Waals surface area (Å²) in [6.45, 7) is 0.472. The standard InChI is InChI=1S/C22H18N2O6S/c1-29-14-7-8-17(13(11-14)12-18-19(25)23-22(28)31-18)30-10-4-9-24-20(26)15-5-2-3-6-16(15)21(24)27/h2-3,5-8,11-12H,4,9-10H2,1H3,(H,23,25,28)/b18-12-. The van der Waals surface area contributed by atoms with Gasteiger partial charge in [-0.05, 0) is 54.6 Å². The zero-order valence-corrected chi connectivity index (χ0v) is 17.4. The van der Waals surface area contributed by atoms with Gasteiger partial charge in [0, 0.05) is 12.1 Å². The van der Waals surface area contributed by atoms with Gasteiger partial charge in [0.2, 0.25) is 0 Å². The molecule has 1 saturated heterocycles. The van der Waals surface area contributed by atoms with Gasteiger partial charge in [-0.2, -0.15) is 0 Å². The molecule has 0 bridgehead atoms. The summed E-state index contributed by atoms with van der Waals surface area (Å²) < 4.78 is 11.1. The maximum Gasteiger partial charge on any atom is 0.290 e. The van der Waals surface area contributed by atoms with Crippen molar-refractivity contribution in [3.05, 3.63) is 64.1 Å². The van der Waals surface area contributed by atoms with Crippen LogP contribution in [0.4, 0.5) is 4.79 Å². The Morgan fingerprint density at radius 3 is 2.35 bits per heavy atom. The lowest BCUT2D eigenvalue weighted by Gasteiger charge is -2.15. The number of ether oxygens (including phenoxy) is 2. The summed E-state index contributed by atoms with van der Waals surface area (Å²) in [6, 6.07) is 11.9. The van der Waals surface area contributed by atoms with E-state index in [4.69, 9.17) is 9.47 Å². The summed E-state index contributed by atoms with van der Waals surface area (Å²) in [6.07, 6.45) is 1.99. The van der Waals surface area contributed by atoms with E-state index in [9.17, 15) is 19.2 Å². The summed E-state index contributed by atoms with van der Waals surface area (Å²) in [5, 5.41) is 1.78. The normalized spacial score (nSPS) is 16.7. The highest BCUT2D eigenvalue weighted by Gasteiger charge is 2.34. The van der Waals surface area contributed by atoms with Crippen LogP contribution in [-0.2, 0) is 4.79 Å². The van der Waals surface area contributed by atoms with E-state index in [1.807, 2.05) is 0 Å². The predicted molar refractivity (Wildman–Crippen MR) is 114 cm³/mol. The van der Waals surface area contributed by atoms with Crippen LogP contribution in [-0.4, -0.2) is 48.1 Å². The van der Waals surface area contributed by atoms with E-state index in [1.165, 1.54) is 12.0 Å². The number of benzene rings is 2. The number of fused-ring (bicyclic) bond motifs is 1. The Morgan fingerprint density at radius 1 is 1.03 bits per heavy atom. The average Bonchev–Trinajstić information content (AvgIpc) is 3.21. The molecule has 0 aliphatic carbocycles. The van der Waals surface area contributed by atoms with Gasteiger partial charge in [0.05, 0.1) is 29.7 Å². The van der Waals surface area contributed by atoms with Crippen molar-refractivity contribution in [1.29, 1.82) is 0 Å². The molecule has 8 nitrogen and oxygen atoms in total. The largest absolute Gasteiger partial charge is 0.497 e. The van der Waals surface area contributed by atoms with Crippen LogP contribution in [0.2, 0.25) is 0 Å². The van der Waals surface area contributed by atoms with Crippen molar-refractivity contribution < 1.29 is 28.7 Å². The summed E-state index contributed by atoms with van der Waals surface area (Å²) in [5.74, 6) is -0.00780. The van der Waals surface area contributed by atoms with Gasteiger partial charge in [-0.3, -0.25) is 29.4 Å². The molecular formula is C22H18N2O6S. The van der Waals surface area contributed by atoms with Gasteiger partial charge >= 0.3 is 0 Å². The number of carbonyl (C=O) groups excluding carboxylic acids is 4. The topological polar surface area (TPSA) is 102 Å². The lowest BCUT2D eigenvalue weighted by molar-refractivity contribution is -0.115. The third-order valence-electron chi connectivity index (χ3n) is 4.81. The molecule has 1 N–H and O–H groups in total. The molecule has 0 aromatic heterocycles. The minimum atomic E-state index is -0.464. The van der Waals surface area contributed by atoms with Crippen LogP contribution in [0.15, 0.2) is 47.4 Å². The summed E-state index contributed by atoms with van der Waals surface area (Å²) >= 11 is 0.814. The molecular weight excluding hydrogens is 420 g/mol. The average molecular weight is 438 g/mol. The second-order valence-corrected chi connectivity index (χ2v) is 7.78. The molecule has 1 fully saturated rings. The van der Waals surface area contributed by atoms with Crippen LogP contribution in [0.5, 0.6) is 11.5 Å². The summed E-state index contributed by atoms with van der Waals surface area (Å²) in [7, 11) is 1.52. The highest BCUT2D eigenvalue weighted by atomic mass is 32.2. The fourth-order valence-electron chi connectivity index (χ4n) is 3.31. The van der Waals surface area contributed by atoms with Gasteiger partial charge in [-0.1, -0.05) is 12.1 Å². The Balaban J connectivity index is 1.42.